The van der Waals surface area contributed by atoms with E-state index in [9.17, 15) is 15.0 Å². The maximum absolute atomic E-state index is 11.5. The predicted octanol–water partition coefficient (Wildman–Crippen LogP) is 5.21. The number of aromatic hydroxyl groups is 1. The average Bonchev–Trinajstić information content (AvgIpc) is 3.21. The normalized spacial score (nSPS) is 17.3. The van der Waals surface area contributed by atoms with Crippen molar-refractivity contribution in [3.63, 3.8) is 0 Å². The van der Waals surface area contributed by atoms with E-state index < -0.39 is 6.09 Å². The molecule has 1 amide bonds. The molecule has 0 bridgehead atoms. The Morgan fingerprint density at radius 2 is 1.97 bits per heavy atom. The van der Waals surface area contributed by atoms with E-state index in [1.807, 2.05) is 31.2 Å². The van der Waals surface area contributed by atoms with Crippen LogP contribution in [0.2, 0.25) is 0 Å². The fourth-order valence-electron chi connectivity index (χ4n) is 4.71. The number of carboxylic acid groups (broad SMARTS) is 1. The first-order valence-corrected chi connectivity index (χ1v) is 11.4. The fraction of sp³-hybridized carbons (Fsp3) is 0.423. The lowest BCUT2D eigenvalue weighted by atomic mass is 9.82. The van der Waals surface area contributed by atoms with Gasteiger partial charge in [-0.05, 0) is 60.9 Å². The third kappa shape index (κ3) is 5.18. The minimum Gasteiger partial charge on any atom is -0.507 e. The number of nitrogens with one attached hydrogen (secondary N) is 1. The maximum Gasteiger partial charge on any atom is 0.404 e. The second-order valence-electron chi connectivity index (χ2n) is 10.2. The summed E-state index contributed by atoms with van der Waals surface area (Å²) >= 11 is 0. The van der Waals surface area contributed by atoms with Crippen molar-refractivity contribution in [2.24, 2.45) is 11.3 Å². The van der Waals surface area contributed by atoms with Crippen molar-refractivity contribution < 1.29 is 15.0 Å². The molecule has 0 saturated carbocycles. The summed E-state index contributed by atoms with van der Waals surface area (Å²) in [4.78, 5) is 23.3. The van der Waals surface area contributed by atoms with E-state index in [0.717, 1.165) is 41.7 Å². The monoisotopic (exact) mass is 448 g/mol. The lowest BCUT2D eigenvalue weighted by Gasteiger charge is -2.30. The molecule has 1 aliphatic rings. The van der Waals surface area contributed by atoms with Crippen molar-refractivity contribution in [2.45, 2.75) is 46.6 Å². The summed E-state index contributed by atoms with van der Waals surface area (Å²) in [5, 5.41) is 23.5. The van der Waals surface area contributed by atoms with Gasteiger partial charge in [0.05, 0.1) is 11.1 Å². The molecule has 2 atom stereocenters. The molecule has 2 aromatic carbocycles. The zero-order valence-electron chi connectivity index (χ0n) is 19.7. The van der Waals surface area contributed by atoms with Crippen molar-refractivity contribution in [3.05, 3.63) is 48.0 Å². The van der Waals surface area contributed by atoms with E-state index in [4.69, 9.17) is 9.97 Å². The molecule has 0 radical (unpaired) electrons. The summed E-state index contributed by atoms with van der Waals surface area (Å²) in [5.74, 6) is 1.64. The van der Waals surface area contributed by atoms with Gasteiger partial charge in [-0.1, -0.05) is 39.0 Å². The van der Waals surface area contributed by atoms with Gasteiger partial charge in [0.2, 0.25) is 0 Å². The highest BCUT2D eigenvalue weighted by molar-refractivity contribution is 5.92. The Bertz CT molecular complexity index is 1170. The number of fused-ring (bicyclic) bond motifs is 1. The molecule has 33 heavy (non-hydrogen) atoms. The molecule has 7 heteroatoms. The smallest absolute Gasteiger partial charge is 0.404 e. The number of para-hydroxylation sites is 1. The summed E-state index contributed by atoms with van der Waals surface area (Å²) < 4.78 is 0. The molecule has 0 aliphatic carbocycles. The molecule has 1 saturated heterocycles. The number of amides is 1. The molecule has 1 aromatic heterocycles. The number of nitrogens with zero attached hydrogens (tertiary/aromatic N) is 3. The van der Waals surface area contributed by atoms with E-state index in [1.165, 1.54) is 0 Å². The molecule has 174 valence electrons. The second kappa shape index (κ2) is 8.89. The predicted molar refractivity (Wildman–Crippen MR) is 131 cm³/mol. The van der Waals surface area contributed by atoms with Crippen molar-refractivity contribution in [1.82, 2.24) is 15.3 Å². The SMILES string of the molecule is Cc1ccc2c(N3CCC(C(CC(C)(C)C)NC(=O)O)C3)nc(-c3ccccc3O)nc2c1. The van der Waals surface area contributed by atoms with Crippen LogP contribution in [0, 0.1) is 18.3 Å². The summed E-state index contributed by atoms with van der Waals surface area (Å²) in [6.07, 6.45) is 0.669. The van der Waals surface area contributed by atoms with Crippen molar-refractivity contribution >= 4 is 22.8 Å². The van der Waals surface area contributed by atoms with E-state index in [2.05, 4.69) is 37.1 Å². The van der Waals surface area contributed by atoms with Gasteiger partial charge in [0, 0.05) is 24.5 Å². The first-order chi connectivity index (χ1) is 15.6. The molecule has 7 nitrogen and oxygen atoms in total. The summed E-state index contributed by atoms with van der Waals surface area (Å²) in [6.45, 7) is 9.93. The van der Waals surface area contributed by atoms with Crippen LogP contribution in [0.3, 0.4) is 0 Å². The standard InChI is InChI=1S/C26H32N4O3/c1-16-9-10-18-20(13-16)27-23(19-7-5-6-8-22(19)31)29-24(18)30-12-11-17(15-30)21(28-25(32)33)14-26(2,3)4/h5-10,13,17,21,28,31H,11-12,14-15H2,1-4H3,(H,32,33). The number of phenolic OH excluding ortho intramolecular Hbond substituents is 1. The first-order valence-electron chi connectivity index (χ1n) is 11.4. The van der Waals surface area contributed by atoms with Crippen LogP contribution in [0.1, 0.15) is 39.2 Å². The highest BCUT2D eigenvalue weighted by Crippen LogP contribution is 2.36. The topological polar surface area (TPSA) is 98.6 Å². The second-order valence-corrected chi connectivity index (χ2v) is 10.2. The van der Waals surface area contributed by atoms with Gasteiger partial charge in [-0.15, -0.1) is 0 Å². The van der Waals surface area contributed by atoms with Crippen LogP contribution in [0.15, 0.2) is 42.5 Å². The molecule has 2 unspecified atom stereocenters. The van der Waals surface area contributed by atoms with E-state index in [1.54, 1.807) is 12.1 Å². The Balaban J connectivity index is 1.72. The highest BCUT2D eigenvalue weighted by Gasteiger charge is 2.34. The number of anilines is 1. The van der Waals surface area contributed by atoms with Crippen LogP contribution >= 0.6 is 0 Å². The van der Waals surface area contributed by atoms with Gasteiger partial charge in [0.25, 0.3) is 0 Å². The van der Waals surface area contributed by atoms with E-state index in [0.29, 0.717) is 17.9 Å². The van der Waals surface area contributed by atoms with E-state index in [-0.39, 0.29) is 23.1 Å². The van der Waals surface area contributed by atoms with Crippen LogP contribution in [0.4, 0.5) is 10.6 Å². The summed E-state index contributed by atoms with van der Waals surface area (Å²) in [7, 11) is 0. The van der Waals surface area contributed by atoms with Crippen molar-refractivity contribution in [3.8, 4) is 17.1 Å². The Morgan fingerprint density at radius 1 is 1.21 bits per heavy atom. The molecule has 3 N–H and O–H groups in total. The third-order valence-corrected chi connectivity index (χ3v) is 6.21. The molecular weight excluding hydrogens is 416 g/mol. The number of aromatic nitrogens is 2. The molecule has 2 heterocycles. The van der Waals surface area contributed by atoms with Crippen molar-refractivity contribution in [2.75, 3.05) is 18.0 Å². The minimum absolute atomic E-state index is 0.0116. The lowest BCUT2D eigenvalue weighted by molar-refractivity contribution is 0.176. The molecule has 4 rings (SSSR count). The molecule has 0 spiro atoms. The molecular formula is C26H32N4O3. The Kier molecular flexibility index (Phi) is 6.15. The Labute approximate surface area is 194 Å². The number of hydrogen-bond donors (Lipinski definition) is 3. The van der Waals surface area contributed by atoms with Gasteiger partial charge < -0.3 is 20.4 Å². The Morgan fingerprint density at radius 3 is 2.67 bits per heavy atom. The third-order valence-electron chi connectivity index (χ3n) is 6.21. The largest absolute Gasteiger partial charge is 0.507 e. The van der Waals surface area contributed by atoms with Gasteiger partial charge in [-0.25, -0.2) is 14.8 Å². The molecule has 1 aliphatic heterocycles. The van der Waals surface area contributed by atoms with Crippen molar-refractivity contribution in [1.29, 1.82) is 0 Å². The number of aryl methyl sites for hydroxylation is 1. The summed E-state index contributed by atoms with van der Waals surface area (Å²) in [5.41, 5.74) is 2.54. The van der Waals surface area contributed by atoms with Gasteiger partial charge in [-0.3, -0.25) is 0 Å². The minimum atomic E-state index is -0.979. The number of rotatable bonds is 5. The number of hydrogen-bond acceptors (Lipinski definition) is 5. The van der Waals surface area contributed by atoms with Crippen LogP contribution in [0.25, 0.3) is 22.3 Å². The van der Waals surface area contributed by atoms with Crippen LogP contribution in [-0.4, -0.2) is 45.4 Å². The lowest BCUT2D eigenvalue weighted by Crippen LogP contribution is -2.43. The van der Waals surface area contributed by atoms with Crippen LogP contribution < -0.4 is 10.2 Å². The number of benzene rings is 2. The fourth-order valence-corrected chi connectivity index (χ4v) is 4.71. The van der Waals surface area contributed by atoms with Gasteiger partial charge >= 0.3 is 6.09 Å². The molecule has 1 fully saturated rings. The molecule has 3 aromatic rings. The number of carbonyl (C=O) groups is 1. The first kappa shape index (κ1) is 22.8. The van der Waals surface area contributed by atoms with Gasteiger partial charge in [0.1, 0.15) is 11.6 Å². The number of phenols is 1. The Hall–Kier alpha value is -3.35. The maximum atomic E-state index is 11.5. The van der Waals surface area contributed by atoms with E-state index >= 15 is 0 Å². The highest BCUT2D eigenvalue weighted by atomic mass is 16.4. The zero-order chi connectivity index (χ0) is 23.8. The average molecular weight is 449 g/mol. The van der Waals surface area contributed by atoms with Crippen LogP contribution in [0.5, 0.6) is 5.75 Å². The van der Waals surface area contributed by atoms with Gasteiger partial charge in [0.15, 0.2) is 5.82 Å². The van der Waals surface area contributed by atoms with Crippen LogP contribution in [-0.2, 0) is 0 Å². The quantitative estimate of drug-likeness (QED) is 0.496. The van der Waals surface area contributed by atoms with Gasteiger partial charge in [-0.2, -0.15) is 0 Å². The summed E-state index contributed by atoms with van der Waals surface area (Å²) in [6, 6.07) is 13.1. The zero-order valence-corrected chi connectivity index (χ0v) is 19.7.